The first-order valence-electron chi connectivity index (χ1n) is 7.63. The standard InChI is InChI=1S/C21H16OSe/c1-15-8-7-9-16(14-15)20-21(23-17-10-3-2-4-11-17)18-12-5-6-13-19(18)22-20/h2-14H,1H3. The molecule has 0 unspecified atom stereocenters. The number of hydrogen-bond acceptors (Lipinski definition) is 1. The van der Waals surface area contributed by atoms with Gasteiger partial charge in [0.15, 0.2) is 0 Å². The van der Waals surface area contributed by atoms with Crippen molar-refractivity contribution in [1.29, 1.82) is 0 Å². The first kappa shape index (κ1) is 14.3. The van der Waals surface area contributed by atoms with Crippen molar-refractivity contribution in [1.82, 2.24) is 0 Å². The molecule has 112 valence electrons. The fourth-order valence-electron chi connectivity index (χ4n) is 2.71. The van der Waals surface area contributed by atoms with Crippen molar-refractivity contribution >= 4 is 34.8 Å². The number of hydrogen-bond donors (Lipinski definition) is 0. The molecule has 3 aromatic carbocycles. The Hall–Kier alpha value is -2.28. The van der Waals surface area contributed by atoms with E-state index < -0.39 is 0 Å². The van der Waals surface area contributed by atoms with Gasteiger partial charge < -0.3 is 0 Å². The molecule has 23 heavy (non-hydrogen) atoms. The van der Waals surface area contributed by atoms with Crippen molar-refractivity contribution < 1.29 is 4.42 Å². The minimum atomic E-state index is 0.215. The fourth-order valence-corrected chi connectivity index (χ4v) is 4.93. The molecule has 0 bridgehead atoms. The number of benzene rings is 3. The van der Waals surface area contributed by atoms with Crippen LogP contribution in [0.4, 0.5) is 0 Å². The summed E-state index contributed by atoms with van der Waals surface area (Å²) in [6, 6.07) is 27.5. The molecule has 4 aromatic rings. The quantitative estimate of drug-likeness (QED) is 0.500. The van der Waals surface area contributed by atoms with Gasteiger partial charge >= 0.3 is 142 Å². The molecule has 0 atom stereocenters. The van der Waals surface area contributed by atoms with E-state index in [1.54, 1.807) is 0 Å². The van der Waals surface area contributed by atoms with Crippen LogP contribution in [-0.4, -0.2) is 15.0 Å². The van der Waals surface area contributed by atoms with Crippen LogP contribution < -0.4 is 8.92 Å². The van der Waals surface area contributed by atoms with Gasteiger partial charge in [-0.25, -0.2) is 0 Å². The Labute approximate surface area is 142 Å². The SMILES string of the molecule is Cc1cccc(-c2oc3ccccc3c2[Se]c2ccccc2)c1. The van der Waals surface area contributed by atoms with Gasteiger partial charge in [0.05, 0.1) is 0 Å². The van der Waals surface area contributed by atoms with E-state index in [9.17, 15) is 0 Å². The van der Waals surface area contributed by atoms with Gasteiger partial charge in [-0.2, -0.15) is 0 Å². The van der Waals surface area contributed by atoms with E-state index in [-0.39, 0.29) is 15.0 Å². The second-order valence-corrected chi connectivity index (χ2v) is 7.81. The monoisotopic (exact) mass is 364 g/mol. The summed E-state index contributed by atoms with van der Waals surface area (Å²) in [6.07, 6.45) is 0. The summed E-state index contributed by atoms with van der Waals surface area (Å²) in [6.45, 7) is 2.12. The van der Waals surface area contributed by atoms with Crippen LogP contribution in [0.3, 0.4) is 0 Å². The normalized spacial score (nSPS) is 11.0. The van der Waals surface area contributed by atoms with E-state index >= 15 is 0 Å². The summed E-state index contributed by atoms with van der Waals surface area (Å²) >= 11 is 0.215. The summed E-state index contributed by atoms with van der Waals surface area (Å²) in [5.74, 6) is 1.01. The molecule has 4 rings (SSSR count). The Morgan fingerprint density at radius 1 is 0.783 bits per heavy atom. The van der Waals surface area contributed by atoms with Crippen molar-refractivity contribution in [2.75, 3.05) is 0 Å². The summed E-state index contributed by atoms with van der Waals surface area (Å²) in [7, 11) is 0. The Morgan fingerprint density at radius 2 is 1.57 bits per heavy atom. The van der Waals surface area contributed by atoms with Crippen LogP contribution in [0.2, 0.25) is 0 Å². The number of furan rings is 1. The molecule has 0 N–H and O–H groups in total. The summed E-state index contributed by atoms with van der Waals surface area (Å²) in [5.41, 5.74) is 3.38. The molecule has 1 aromatic heterocycles. The topological polar surface area (TPSA) is 13.1 Å². The van der Waals surface area contributed by atoms with E-state index in [1.807, 2.05) is 6.07 Å². The van der Waals surface area contributed by atoms with E-state index in [4.69, 9.17) is 4.42 Å². The third-order valence-corrected chi connectivity index (χ3v) is 6.14. The van der Waals surface area contributed by atoms with E-state index in [0.29, 0.717) is 0 Å². The van der Waals surface area contributed by atoms with Gasteiger partial charge in [-0.3, -0.25) is 0 Å². The fraction of sp³-hybridized carbons (Fsp3) is 0.0476. The maximum atomic E-state index is 6.23. The van der Waals surface area contributed by atoms with Crippen LogP contribution in [0, 0.1) is 6.92 Å². The van der Waals surface area contributed by atoms with Crippen molar-refractivity contribution in [3.05, 3.63) is 84.4 Å². The zero-order chi connectivity index (χ0) is 15.6. The molecular formula is C21H16OSe. The van der Waals surface area contributed by atoms with Gasteiger partial charge in [-0.05, 0) is 0 Å². The van der Waals surface area contributed by atoms with Crippen LogP contribution in [0.25, 0.3) is 22.3 Å². The third-order valence-electron chi connectivity index (χ3n) is 3.79. The molecule has 1 nitrogen and oxygen atoms in total. The zero-order valence-corrected chi connectivity index (χ0v) is 14.5. The Morgan fingerprint density at radius 3 is 2.39 bits per heavy atom. The summed E-state index contributed by atoms with van der Waals surface area (Å²) in [4.78, 5) is 0. The molecule has 0 saturated carbocycles. The molecule has 1 heterocycles. The summed E-state index contributed by atoms with van der Waals surface area (Å²) in [5, 5.41) is 1.23. The molecule has 2 heteroatoms. The Balaban J connectivity index is 1.91. The van der Waals surface area contributed by atoms with Crippen LogP contribution in [0.1, 0.15) is 5.56 Å². The molecule has 0 saturated heterocycles. The zero-order valence-electron chi connectivity index (χ0n) is 12.8. The Kier molecular flexibility index (Phi) is 3.78. The van der Waals surface area contributed by atoms with Crippen molar-refractivity contribution in [3.63, 3.8) is 0 Å². The van der Waals surface area contributed by atoms with Gasteiger partial charge in [0.2, 0.25) is 0 Å². The predicted molar refractivity (Wildman–Crippen MR) is 97.9 cm³/mol. The molecule has 0 radical (unpaired) electrons. The van der Waals surface area contributed by atoms with Gasteiger partial charge in [0.1, 0.15) is 0 Å². The third kappa shape index (κ3) is 2.84. The molecule has 0 spiro atoms. The van der Waals surface area contributed by atoms with Crippen molar-refractivity contribution in [2.45, 2.75) is 6.92 Å². The van der Waals surface area contributed by atoms with Crippen LogP contribution in [-0.2, 0) is 0 Å². The van der Waals surface area contributed by atoms with Gasteiger partial charge in [0.25, 0.3) is 0 Å². The number of para-hydroxylation sites is 1. The predicted octanol–water partition coefficient (Wildman–Crippen LogP) is 4.06. The molecule has 0 aliphatic rings. The molecule has 0 aliphatic heterocycles. The first-order chi connectivity index (χ1) is 11.3. The molecule has 0 aliphatic carbocycles. The number of fused-ring (bicyclic) bond motifs is 1. The molecule has 0 amide bonds. The van der Waals surface area contributed by atoms with Crippen LogP contribution in [0.5, 0.6) is 0 Å². The molecular weight excluding hydrogens is 347 g/mol. The van der Waals surface area contributed by atoms with Gasteiger partial charge in [-0.1, -0.05) is 0 Å². The van der Waals surface area contributed by atoms with Crippen molar-refractivity contribution in [3.8, 4) is 11.3 Å². The second-order valence-electron chi connectivity index (χ2n) is 5.54. The van der Waals surface area contributed by atoms with Crippen LogP contribution >= 0.6 is 0 Å². The van der Waals surface area contributed by atoms with Crippen molar-refractivity contribution in [2.24, 2.45) is 0 Å². The minimum absolute atomic E-state index is 0.215. The second kappa shape index (κ2) is 6.08. The first-order valence-corrected chi connectivity index (χ1v) is 9.34. The van der Waals surface area contributed by atoms with E-state index in [2.05, 4.69) is 79.7 Å². The molecule has 0 fully saturated rings. The summed E-state index contributed by atoms with van der Waals surface area (Å²) < 4.78 is 8.91. The maximum absolute atomic E-state index is 6.23. The average molecular weight is 363 g/mol. The number of rotatable bonds is 3. The van der Waals surface area contributed by atoms with Crippen LogP contribution in [0.15, 0.2) is 83.3 Å². The van der Waals surface area contributed by atoms with Gasteiger partial charge in [-0.15, -0.1) is 0 Å². The Bertz CT molecular complexity index is 954. The van der Waals surface area contributed by atoms with E-state index in [0.717, 1.165) is 16.9 Å². The van der Waals surface area contributed by atoms with Gasteiger partial charge in [0, 0.05) is 0 Å². The van der Waals surface area contributed by atoms with E-state index in [1.165, 1.54) is 19.9 Å². The number of aryl methyl sites for hydroxylation is 1. The average Bonchev–Trinajstić information content (AvgIpc) is 2.95.